The van der Waals surface area contributed by atoms with Gasteiger partial charge in [-0.25, -0.2) is 9.78 Å². The molecule has 6 rings (SSSR count). The van der Waals surface area contributed by atoms with E-state index in [1.807, 2.05) is 54.7 Å². The quantitative estimate of drug-likeness (QED) is 0.277. The van der Waals surface area contributed by atoms with Crippen molar-refractivity contribution in [1.82, 2.24) is 24.5 Å². The second-order valence-electron chi connectivity index (χ2n) is 8.74. The molecule has 3 heterocycles. The summed E-state index contributed by atoms with van der Waals surface area (Å²) in [6.45, 7) is 1.72. The molecule has 0 bridgehead atoms. The van der Waals surface area contributed by atoms with Crippen LogP contribution in [-0.4, -0.2) is 31.0 Å². The summed E-state index contributed by atoms with van der Waals surface area (Å²) in [4.78, 5) is 37.9. The van der Waals surface area contributed by atoms with Crippen LogP contribution in [0.25, 0.3) is 44.2 Å². The van der Waals surface area contributed by atoms with Gasteiger partial charge in [-0.05, 0) is 42.8 Å². The Hall–Kier alpha value is -4.63. The summed E-state index contributed by atoms with van der Waals surface area (Å²) in [6.07, 6.45) is 2.74. The number of hydrogen-bond acceptors (Lipinski definition) is 5. The maximum Gasteiger partial charge on any atom is 0.323 e. The van der Waals surface area contributed by atoms with Crippen LogP contribution < -0.4 is 21.7 Å². The van der Waals surface area contributed by atoms with E-state index in [9.17, 15) is 9.59 Å². The number of fused-ring (bicyclic) bond motifs is 3. The highest BCUT2D eigenvalue weighted by Gasteiger charge is 2.17. The van der Waals surface area contributed by atoms with Gasteiger partial charge >= 0.3 is 5.69 Å². The van der Waals surface area contributed by atoms with E-state index in [1.165, 1.54) is 0 Å². The van der Waals surface area contributed by atoms with Gasteiger partial charge < -0.3 is 30.0 Å². The fraction of sp³-hybridized carbons (Fsp3) is 0.148. The number of nitrogens with one attached hydrogen (secondary N) is 3. The van der Waals surface area contributed by atoms with Crippen molar-refractivity contribution in [3.8, 4) is 17.0 Å². The Bertz CT molecular complexity index is 1830. The van der Waals surface area contributed by atoms with Gasteiger partial charge in [-0.3, -0.25) is 4.79 Å². The molecule has 0 fully saturated rings. The lowest BCUT2D eigenvalue weighted by atomic mass is 10.1. The second kappa shape index (κ2) is 8.86. The first-order valence-electron chi connectivity index (χ1n) is 11.8. The summed E-state index contributed by atoms with van der Waals surface area (Å²) < 4.78 is 8.13. The predicted octanol–water partition coefficient (Wildman–Crippen LogP) is 3.64. The highest BCUT2D eigenvalue weighted by atomic mass is 16.5. The number of nitrogens with two attached hydrogens (primary N) is 1. The highest BCUT2D eigenvalue weighted by Crippen LogP contribution is 2.32. The Morgan fingerprint density at radius 2 is 1.72 bits per heavy atom. The Morgan fingerprint density at radius 1 is 0.917 bits per heavy atom. The summed E-state index contributed by atoms with van der Waals surface area (Å²) in [5.74, 6) is 0.740. The number of ether oxygens (including phenoxy) is 1. The minimum absolute atomic E-state index is 0.304. The minimum Gasteiger partial charge on any atom is -0.489 e. The van der Waals surface area contributed by atoms with E-state index in [-0.39, 0.29) is 11.2 Å². The maximum atomic E-state index is 13.1. The van der Waals surface area contributed by atoms with Gasteiger partial charge in [0.1, 0.15) is 18.1 Å². The van der Waals surface area contributed by atoms with Crippen LogP contribution in [0, 0.1) is 0 Å². The Kier molecular flexibility index (Phi) is 5.38. The van der Waals surface area contributed by atoms with Crippen LogP contribution in [-0.2, 0) is 13.2 Å². The molecule has 3 aromatic heterocycles. The number of rotatable bonds is 7. The van der Waals surface area contributed by atoms with E-state index in [0.717, 1.165) is 34.2 Å². The number of aromatic amines is 3. The molecule has 36 heavy (non-hydrogen) atoms. The molecule has 0 spiro atoms. The van der Waals surface area contributed by atoms with Gasteiger partial charge in [-0.2, -0.15) is 0 Å². The summed E-state index contributed by atoms with van der Waals surface area (Å²) in [6, 6.07) is 19.3. The molecular weight excluding hydrogens is 456 g/mol. The number of nitrogens with zero attached hydrogens (tertiary/aromatic N) is 2. The Labute approximate surface area is 204 Å². The first-order valence-corrected chi connectivity index (χ1v) is 11.8. The number of aromatic nitrogens is 5. The zero-order valence-electron chi connectivity index (χ0n) is 19.4. The van der Waals surface area contributed by atoms with Crippen LogP contribution in [0.1, 0.15) is 12.0 Å². The fourth-order valence-electron chi connectivity index (χ4n) is 4.54. The third-order valence-corrected chi connectivity index (χ3v) is 6.29. The third-order valence-electron chi connectivity index (χ3n) is 6.29. The molecule has 0 unspecified atom stereocenters. The van der Waals surface area contributed by atoms with E-state index in [2.05, 4.69) is 19.5 Å². The standard InChI is InChI=1S/C27H24N6O3/c28-9-4-10-33-14-19(18-8-7-17(11-24(18)33)36-15-16-5-2-1-3-6-16)25-26(34)30-21-13-23-22(12-20(21)29-25)31-27(35)32-23/h1-3,5-8,11-14H,4,9-10,15,28H2,(H,30,34)(H2,31,32,35). The van der Waals surface area contributed by atoms with Crippen LogP contribution in [0.5, 0.6) is 5.75 Å². The van der Waals surface area contributed by atoms with Crippen molar-refractivity contribution in [1.29, 1.82) is 0 Å². The van der Waals surface area contributed by atoms with Crippen molar-refractivity contribution in [3.63, 3.8) is 0 Å². The molecule has 0 saturated heterocycles. The summed E-state index contributed by atoms with van der Waals surface area (Å²) in [5, 5.41) is 0.896. The summed E-state index contributed by atoms with van der Waals surface area (Å²) in [5.41, 5.74) is 10.6. The minimum atomic E-state index is -0.309. The molecule has 0 aliphatic heterocycles. The zero-order valence-corrected chi connectivity index (χ0v) is 19.4. The van der Waals surface area contributed by atoms with Crippen LogP contribution in [0.4, 0.5) is 0 Å². The molecule has 0 aliphatic carbocycles. The van der Waals surface area contributed by atoms with E-state index in [0.29, 0.717) is 47.5 Å². The number of benzene rings is 3. The lowest BCUT2D eigenvalue weighted by molar-refractivity contribution is 0.306. The van der Waals surface area contributed by atoms with Crippen LogP contribution in [0.3, 0.4) is 0 Å². The number of H-pyrrole nitrogens is 3. The van der Waals surface area contributed by atoms with Crippen molar-refractivity contribution in [2.45, 2.75) is 19.6 Å². The molecule has 9 heteroatoms. The molecule has 3 aromatic carbocycles. The number of aryl methyl sites for hydroxylation is 1. The molecule has 180 valence electrons. The first-order chi connectivity index (χ1) is 17.6. The maximum absolute atomic E-state index is 13.1. The summed E-state index contributed by atoms with van der Waals surface area (Å²) >= 11 is 0. The van der Waals surface area contributed by atoms with Crippen molar-refractivity contribution < 1.29 is 4.74 Å². The SMILES string of the molecule is NCCCn1cc(-c2nc3cc4[nH]c(=O)[nH]c4cc3[nH]c2=O)c2ccc(OCc3ccccc3)cc21. The van der Waals surface area contributed by atoms with Crippen molar-refractivity contribution in [2.75, 3.05) is 6.54 Å². The van der Waals surface area contributed by atoms with Crippen LogP contribution >= 0.6 is 0 Å². The Morgan fingerprint density at radius 3 is 2.53 bits per heavy atom. The lowest BCUT2D eigenvalue weighted by Gasteiger charge is -2.08. The van der Waals surface area contributed by atoms with Crippen LogP contribution in [0.15, 0.2) is 76.4 Å². The highest BCUT2D eigenvalue weighted by molar-refractivity contribution is 5.97. The topological polar surface area (TPSA) is 135 Å². The molecule has 0 amide bonds. The van der Waals surface area contributed by atoms with E-state index >= 15 is 0 Å². The molecule has 0 saturated carbocycles. The normalized spacial score (nSPS) is 11.6. The third kappa shape index (κ3) is 3.95. The first kappa shape index (κ1) is 21.9. The predicted molar refractivity (Wildman–Crippen MR) is 140 cm³/mol. The van der Waals surface area contributed by atoms with Crippen molar-refractivity contribution in [3.05, 3.63) is 93.3 Å². The van der Waals surface area contributed by atoms with Gasteiger partial charge in [-0.1, -0.05) is 30.3 Å². The van der Waals surface area contributed by atoms with Gasteiger partial charge in [0.2, 0.25) is 0 Å². The fourth-order valence-corrected chi connectivity index (χ4v) is 4.54. The van der Waals surface area contributed by atoms with E-state index < -0.39 is 0 Å². The molecule has 0 aliphatic rings. The van der Waals surface area contributed by atoms with Gasteiger partial charge in [0.05, 0.1) is 27.6 Å². The van der Waals surface area contributed by atoms with E-state index in [4.69, 9.17) is 15.5 Å². The Balaban J connectivity index is 1.45. The largest absolute Gasteiger partial charge is 0.489 e. The van der Waals surface area contributed by atoms with Crippen molar-refractivity contribution >= 4 is 33.0 Å². The average Bonchev–Trinajstić information content (AvgIpc) is 3.43. The van der Waals surface area contributed by atoms with E-state index in [1.54, 1.807) is 12.1 Å². The molecule has 0 radical (unpaired) electrons. The van der Waals surface area contributed by atoms with Gasteiger partial charge in [0.15, 0.2) is 0 Å². The zero-order chi connectivity index (χ0) is 24.6. The molecule has 5 N–H and O–H groups in total. The van der Waals surface area contributed by atoms with Gasteiger partial charge in [0.25, 0.3) is 5.56 Å². The number of hydrogen-bond donors (Lipinski definition) is 4. The number of imidazole rings is 1. The summed E-state index contributed by atoms with van der Waals surface area (Å²) in [7, 11) is 0. The molecule has 9 nitrogen and oxygen atoms in total. The molecule has 6 aromatic rings. The second-order valence-corrected chi connectivity index (χ2v) is 8.74. The molecular formula is C27H24N6O3. The van der Waals surface area contributed by atoms with Crippen molar-refractivity contribution in [2.24, 2.45) is 5.73 Å². The lowest BCUT2D eigenvalue weighted by Crippen LogP contribution is -2.11. The monoisotopic (exact) mass is 480 g/mol. The van der Waals surface area contributed by atoms with Crippen LogP contribution in [0.2, 0.25) is 0 Å². The smallest absolute Gasteiger partial charge is 0.323 e. The molecule has 0 atom stereocenters. The average molecular weight is 481 g/mol. The van der Waals surface area contributed by atoms with Gasteiger partial charge in [0, 0.05) is 29.8 Å². The van der Waals surface area contributed by atoms with Gasteiger partial charge in [-0.15, -0.1) is 0 Å².